The van der Waals surface area contributed by atoms with E-state index in [1.54, 1.807) is 6.08 Å². The number of hydrogen-bond acceptors (Lipinski definition) is 3. The molecule has 0 spiro atoms. The second kappa shape index (κ2) is 3.40. The van der Waals surface area contributed by atoms with Crippen molar-refractivity contribution in [2.24, 2.45) is 0 Å². The quantitative estimate of drug-likeness (QED) is 0.565. The smallest absolute Gasteiger partial charge is 0.257 e. The molecule has 2 N–H and O–H groups in total. The lowest BCUT2D eigenvalue weighted by Crippen LogP contribution is -1.96. The maximum atomic E-state index is 10.7. The predicted octanol–water partition coefficient (Wildman–Crippen LogP) is 1.03. The van der Waals surface area contributed by atoms with Crippen molar-refractivity contribution >= 4 is 22.7 Å². The van der Waals surface area contributed by atoms with Crippen LogP contribution in [0.15, 0.2) is 18.9 Å². The molecular weight excluding hydrogens is 178 g/mol. The van der Waals surface area contributed by atoms with Gasteiger partial charge in [0.15, 0.2) is 5.82 Å². The molecule has 4 nitrogen and oxygen atoms in total. The second-order valence-corrected chi connectivity index (χ2v) is 2.56. The summed E-state index contributed by atoms with van der Waals surface area (Å²) >= 11 is 5.22. The molecule has 0 atom stereocenters. The molecule has 0 radical (unpaired) electrons. The molecule has 5 heteroatoms. The zero-order chi connectivity index (χ0) is 9.14. The lowest BCUT2D eigenvalue weighted by molar-refractivity contribution is 0.108. The number of allylic oxidation sites excluding steroid dienone is 1. The van der Waals surface area contributed by atoms with Crippen LogP contribution in [0, 0.1) is 0 Å². The van der Waals surface area contributed by atoms with E-state index in [0.717, 1.165) is 0 Å². The third-order valence-electron chi connectivity index (χ3n) is 1.32. The van der Waals surface area contributed by atoms with Crippen LogP contribution in [-0.4, -0.2) is 15.0 Å². The van der Waals surface area contributed by atoms with Crippen molar-refractivity contribution in [3.63, 3.8) is 0 Å². The Balaban J connectivity index is 2.99. The van der Waals surface area contributed by atoms with Crippen LogP contribution in [0.1, 0.15) is 10.4 Å². The number of aromatic nitrogens is 2. The van der Waals surface area contributed by atoms with Crippen LogP contribution in [0.3, 0.4) is 0 Å². The van der Waals surface area contributed by atoms with Gasteiger partial charge in [-0.25, -0.2) is 0 Å². The molecule has 0 aliphatic carbocycles. The van der Waals surface area contributed by atoms with Crippen molar-refractivity contribution in [2.75, 3.05) is 5.73 Å². The Bertz CT molecular complexity index is 318. The van der Waals surface area contributed by atoms with Gasteiger partial charge in [0.05, 0.1) is 12.1 Å². The van der Waals surface area contributed by atoms with Crippen molar-refractivity contribution < 1.29 is 4.79 Å². The number of hydrogen-bond donors (Lipinski definition) is 1. The van der Waals surface area contributed by atoms with Gasteiger partial charge in [-0.15, -0.1) is 6.58 Å². The number of carbonyl (C=O) groups is 1. The van der Waals surface area contributed by atoms with Gasteiger partial charge in [0.25, 0.3) is 5.24 Å². The van der Waals surface area contributed by atoms with E-state index in [-0.39, 0.29) is 11.4 Å². The van der Waals surface area contributed by atoms with Gasteiger partial charge in [0, 0.05) is 6.20 Å². The molecule has 0 aromatic carbocycles. The second-order valence-electron chi connectivity index (χ2n) is 2.21. The van der Waals surface area contributed by atoms with Crippen LogP contribution in [-0.2, 0) is 6.54 Å². The molecule has 0 unspecified atom stereocenters. The van der Waals surface area contributed by atoms with Crippen molar-refractivity contribution in [3.8, 4) is 0 Å². The van der Waals surface area contributed by atoms with Crippen molar-refractivity contribution in [1.82, 2.24) is 9.78 Å². The topological polar surface area (TPSA) is 60.9 Å². The van der Waals surface area contributed by atoms with Gasteiger partial charge in [-0.2, -0.15) is 5.10 Å². The van der Waals surface area contributed by atoms with Crippen LogP contribution in [0.5, 0.6) is 0 Å². The normalized spacial score (nSPS) is 9.75. The zero-order valence-corrected chi connectivity index (χ0v) is 7.08. The minimum absolute atomic E-state index is 0.150. The number of nitrogen functional groups attached to an aromatic ring is 1. The zero-order valence-electron chi connectivity index (χ0n) is 6.33. The summed E-state index contributed by atoms with van der Waals surface area (Å²) in [5, 5.41) is 3.24. The molecule has 0 aliphatic rings. The van der Waals surface area contributed by atoms with Crippen LogP contribution in [0.25, 0.3) is 0 Å². The summed E-state index contributed by atoms with van der Waals surface area (Å²) < 4.78 is 1.50. The van der Waals surface area contributed by atoms with E-state index in [4.69, 9.17) is 17.3 Å². The number of rotatable bonds is 3. The highest BCUT2D eigenvalue weighted by Gasteiger charge is 2.10. The van der Waals surface area contributed by atoms with Gasteiger partial charge < -0.3 is 5.73 Å². The summed E-state index contributed by atoms with van der Waals surface area (Å²) in [5.74, 6) is 0.150. The van der Waals surface area contributed by atoms with E-state index in [1.165, 1.54) is 10.9 Å². The standard InChI is InChI=1S/C7H8ClN3O/c1-2-3-11-4-5(6(8)12)7(9)10-11/h2,4H,1,3H2,(H2,9,10). The van der Waals surface area contributed by atoms with Gasteiger partial charge >= 0.3 is 0 Å². The fourth-order valence-corrected chi connectivity index (χ4v) is 0.959. The van der Waals surface area contributed by atoms with Crippen LogP contribution in [0.2, 0.25) is 0 Å². The molecule has 1 aromatic heterocycles. The highest BCUT2D eigenvalue weighted by atomic mass is 35.5. The van der Waals surface area contributed by atoms with Gasteiger partial charge in [-0.3, -0.25) is 9.48 Å². The fourth-order valence-electron chi connectivity index (χ4n) is 0.814. The monoisotopic (exact) mass is 185 g/mol. The Morgan fingerprint density at radius 1 is 1.92 bits per heavy atom. The van der Waals surface area contributed by atoms with E-state index >= 15 is 0 Å². The Morgan fingerprint density at radius 2 is 2.58 bits per heavy atom. The maximum absolute atomic E-state index is 10.7. The number of nitrogens with zero attached hydrogens (tertiary/aromatic N) is 2. The lowest BCUT2D eigenvalue weighted by atomic mass is 10.4. The van der Waals surface area contributed by atoms with Gasteiger partial charge in [-0.1, -0.05) is 6.08 Å². The number of nitrogens with two attached hydrogens (primary N) is 1. The number of carbonyl (C=O) groups excluding carboxylic acids is 1. The predicted molar refractivity (Wildman–Crippen MR) is 47.0 cm³/mol. The van der Waals surface area contributed by atoms with Gasteiger partial charge in [-0.05, 0) is 11.6 Å². The molecule has 1 aromatic rings. The third kappa shape index (κ3) is 1.65. The first-order chi connectivity index (χ1) is 5.65. The van der Waals surface area contributed by atoms with Crippen molar-refractivity contribution in [2.45, 2.75) is 6.54 Å². The molecule has 0 amide bonds. The first-order valence-electron chi connectivity index (χ1n) is 3.28. The molecule has 64 valence electrons. The molecule has 0 saturated carbocycles. The average molecular weight is 186 g/mol. The molecule has 0 fully saturated rings. The largest absolute Gasteiger partial charge is 0.382 e. The first kappa shape index (κ1) is 8.80. The van der Waals surface area contributed by atoms with E-state index < -0.39 is 5.24 Å². The third-order valence-corrected chi connectivity index (χ3v) is 1.52. The van der Waals surface area contributed by atoms with Crippen molar-refractivity contribution in [3.05, 3.63) is 24.4 Å². The molecule has 12 heavy (non-hydrogen) atoms. The summed E-state index contributed by atoms with van der Waals surface area (Å²) in [6.07, 6.45) is 3.14. The van der Waals surface area contributed by atoms with Gasteiger partial charge in [0.2, 0.25) is 0 Å². The molecule has 0 aliphatic heterocycles. The van der Waals surface area contributed by atoms with E-state index in [2.05, 4.69) is 11.7 Å². The minimum atomic E-state index is -0.595. The Labute approximate surface area is 74.6 Å². The molecule has 1 rings (SSSR count). The first-order valence-corrected chi connectivity index (χ1v) is 3.66. The van der Waals surface area contributed by atoms with Crippen LogP contribution in [0.4, 0.5) is 5.82 Å². The van der Waals surface area contributed by atoms with Crippen LogP contribution < -0.4 is 5.73 Å². The highest BCUT2D eigenvalue weighted by molar-refractivity contribution is 6.68. The van der Waals surface area contributed by atoms with Crippen LogP contribution >= 0.6 is 11.6 Å². The average Bonchev–Trinajstić information content (AvgIpc) is 2.32. The summed E-state index contributed by atoms with van der Waals surface area (Å²) in [6.45, 7) is 4.03. The Morgan fingerprint density at radius 3 is 3.00 bits per heavy atom. The molecule has 1 heterocycles. The SMILES string of the molecule is C=CCn1cc(C(=O)Cl)c(N)n1. The van der Waals surface area contributed by atoms with E-state index in [0.29, 0.717) is 6.54 Å². The minimum Gasteiger partial charge on any atom is -0.382 e. The molecule has 0 bridgehead atoms. The number of anilines is 1. The summed E-state index contributed by atoms with van der Waals surface area (Å²) in [6, 6.07) is 0. The Kier molecular flexibility index (Phi) is 2.50. The highest BCUT2D eigenvalue weighted by Crippen LogP contribution is 2.11. The van der Waals surface area contributed by atoms with Gasteiger partial charge in [0.1, 0.15) is 0 Å². The maximum Gasteiger partial charge on any atom is 0.257 e. The number of halogens is 1. The summed E-state index contributed by atoms with van der Waals surface area (Å²) in [7, 11) is 0. The lowest BCUT2D eigenvalue weighted by Gasteiger charge is -1.90. The van der Waals surface area contributed by atoms with E-state index in [1.807, 2.05) is 0 Å². The Hall–Kier alpha value is -1.29. The van der Waals surface area contributed by atoms with E-state index in [9.17, 15) is 4.79 Å². The summed E-state index contributed by atoms with van der Waals surface area (Å²) in [5.41, 5.74) is 5.64. The fraction of sp³-hybridized carbons (Fsp3) is 0.143. The molecular formula is C7H8ClN3O. The van der Waals surface area contributed by atoms with Crippen molar-refractivity contribution in [1.29, 1.82) is 0 Å². The summed E-state index contributed by atoms with van der Waals surface area (Å²) in [4.78, 5) is 10.7. The molecule has 0 saturated heterocycles.